The molecule has 0 bridgehead atoms. The Hall–Kier alpha value is -4.52. The smallest absolute Gasteiger partial charge is 0.296 e. The highest BCUT2D eigenvalue weighted by molar-refractivity contribution is 6.00. The molecule has 0 radical (unpaired) electrons. The fourth-order valence-electron chi connectivity index (χ4n) is 4.03. The summed E-state index contributed by atoms with van der Waals surface area (Å²) in [7, 11) is 0. The molecule has 1 fully saturated rings. The molecule has 0 aliphatic heterocycles. The minimum absolute atomic E-state index is 0.0484. The lowest BCUT2D eigenvalue weighted by molar-refractivity contribution is -0.117. The summed E-state index contributed by atoms with van der Waals surface area (Å²) in [5, 5.41) is 11.3. The number of nitrogens with zero attached hydrogens (tertiary/aromatic N) is 5. The third kappa shape index (κ3) is 3.99. The van der Waals surface area contributed by atoms with Crippen molar-refractivity contribution in [1.29, 1.82) is 0 Å². The first-order valence-electron chi connectivity index (χ1n) is 10.7. The van der Waals surface area contributed by atoms with Crippen LogP contribution in [-0.4, -0.2) is 36.7 Å². The van der Waals surface area contributed by atoms with Gasteiger partial charge in [-0.3, -0.25) is 9.48 Å². The van der Waals surface area contributed by atoms with Crippen LogP contribution in [0.1, 0.15) is 25.8 Å². The lowest BCUT2D eigenvalue weighted by atomic mass is 9.86. The van der Waals surface area contributed by atoms with Gasteiger partial charge in [0.15, 0.2) is 0 Å². The molecule has 1 saturated carbocycles. The van der Waals surface area contributed by atoms with E-state index in [1.54, 1.807) is 43.7 Å². The fourth-order valence-corrected chi connectivity index (χ4v) is 4.03. The van der Waals surface area contributed by atoms with Crippen molar-refractivity contribution < 1.29 is 9.18 Å². The summed E-state index contributed by atoms with van der Waals surface area (Å²) in [6.45, 7) is 1.63. The van der Waals surface area contributed by atoms with Crippen LogP contribution < -0.4 is 16.4 Å². The maximum atomic E-state index is 13.9. The van der Waals surface area contributed by atoms with Crippen LogP contribution in [0.2, 0.25) is 0 Å². The minimum Gasteiger partial charge on any atom is -0.383 e. The summed E-state index contributed by atoms with van der Waals surface area (Å²) in [6.07, 6.45) is 6.34. The Morgan fingerprint density at radius 3 is 2.68 bits per heavy atom. The topological polar surface area (TPSA) is 124 Å². The molecule has 34 heavy (non-hydrogen) atoms. The van der Waals surface area contributed by atoms with Crippen molar-refractivity contribution in [1.82, 2.24) is 30.0 Å². The van der Waals surface area contributed by atoms with Crippen molar-refractivity contribution in [3.05, 3.63) is 54.7 Å². The van der Waals surface area contributed by atoms with Crippen LogP contribution in [0.3, 0.4) is 0 Å². The number of benzene rings is 1. The van der Waals surface area contributed by atoms with Gasteiger partial charge in [0, 0.05) is 30.2 Å². The van der Waals surface area contributed by atoms with Gasteiger partial charge >= 0.3 is 0 Å². The van der Waals surface area contributed by atoms with Gasteiger partial charge in [-0.1, -0.05) is 18.1 Å². The van der Waals surface area contributed by atoms with Gasteiger partial charge in [-0.25, -0.2) is 19.3 Å². The summed E-state index contributed by atoms with van der Waals surface area (Å²) in [5.74, 6) is 5.05. The summed E-state index contributed by atoms with van der Waals surface area (Å²) in [5.41, 5.74) is 8.62. The number of carbonyl (C=O) groups is 1. The summed E-state index contributed by atoms with van der Waals surface area (Å²) in [4.78, 5) is 24.6. The lowest BCUT2D eigenvalue weighted by Crippen LogP contribution is -2.44. The second kappa shape index (κ2) is 8.78. The highest BCUT2D eigenvalue weighted by Gasteiger charge is 2.34. The zero-order valence-electron chi connectivity index (χ0n) is 18.3. The van der Waals surface area contributed by atoms with E-state index in [9.17, 15) is 9.18 Å². The van der Waals surface area contributed by atoms with Crippen molar-refractivity contribution in [3.63, 3.8) is 0 Å². The van der Waals surface area contributed by atoms with E-state index in [0.29, 0.717) is 22.5 Å². The van der Waals surface area contributed by atoms with Crippen LogP contribution >= 0.6 is 0 Å². The number of nitrogens with two attached hydrogens (primary N) is 1. The normalized spacial score (nSPS) is 16.9. The average Bonchev–Trinajstić information content (AvgIpc) is 3.19. The van der Waals surface area contributed by atoms with Crippen LogP contribution in [0, 0.1) is 17.7 Å². The summed E-state index contributed by atoms with van der Waals surface area (Å²) < 4.78 is 15.8. The van der Waals surface area contributed by atoms with Crippen molar-refractivity contribution in [3.8, 4) is 23.1 Å². The molecule has 4 N–H and O–H groups in total. The van der Waals surface area contributed by atoms with Crippen LogP contribution in [0.25, 0.3) is 22.2 Å². The van der Waals surface area contributed by atoms with Gasteiger partial charge in [-0.15, -0.1) is 0 Å². The Morgan fingerprint density at radius 2 is 1.94 bits per heavy atom. The average molecular weight is 456 g/mol. The molecule has 1 aliphatic rings. The molecule has 1 aromatic carbocycles. The Morgan fingerprint density at radius 1 is 1.18 bits per heavy atom. The number of pyridine rings is 1. The molecule has 0 unspecified atom stereocenters. The number of amides is 1. The standard InChI is InChI=1S/C24H21FN8O/c1-2-5-20(34)30-15-10-16(11-15)33-19-8-9-27-23(26)21(19)22(32-33)14-12-28-24(29-13-14)31-18-7-4-3-6-17(18)25/h3-4,6-9,12-13,15-16H,10-11H2,1H3,(H2,26,27)(H,30,34)(H,28,29,31). The molecular formula is C24H21FN8O. The molecule has 0 saturated heterocycles. The van der Waals surface area contributed by atoms with Gasteiger partial charge in [0.05, 0.1) is 22.6 Å². The second-order valence-corrected chi connectivity index (χ2v) is 7.95. The van der Waals surface area contributed by atoms with Crippen molar-refractivity contribution in [2.75, 3.05) is 11.1 Å². The van der Waals surface area contributed by atoms with Gasteiger partial charge in [-0.05, 0) is 43.9 Å². The number of nitrogen functional groups attached to an aromatic ring is 1. The molecule has 5 rings (SSSR count). The Bertz CT molecular complexity index is 1430. The van der Waals surface area contributed by atoms with E-state index in [0.717, 1.165) is 18.4 Å². The number of carbonyl (C=O) groups excluding carboxylic acids is 1. The SMILES string of the molecule is CC#CC(=O)NC1CC(n2nc(-c3cnc(Nc4ccccc4F)nc3)c3c(N)nccc32)C1. The monoisotopic (exact) mass is 456 g/mol. The van der Waals surface area contributed by atoms with Crippen molar-refractivity contribution in [2.45, 2.75) is 31.8 Å². The van der Waals surface area contributed by atoms with E-state index >= 15 is 0 Å². The maximum absolute atomic E-state index is 13.9. The number of fused-ring (bicyclic) bond motifs is 1. The van der Waals surface area contributed by atoms with Gasteiger partial charge < -0.3 is 16.4 Å². The highest BCUT2D eigenvalue weighted by atomic mass is 19.1. The Balaban J connectivity index is 1.41. The van der Waals surface area contributed by atoms with Crippen LogP contribution in [-0.2, 0) is 4.79 Å². The van der Waals surface area contributed by atoms with Gasteiger partial charge in [0.2, 0.25) is 5.95 Å². The molecule has 0 atom stereocenters. The van der Waals surface area contributed by atoms with Gasteiger partial charge in [-0.2, -0.15) is 5.10 Å². The molecule has 1 amide bonds. The van der Waals surface area contributed by atoms with Crippen molar-refractivity contribution >= 4 is 34.3 Å². The zero-order valence-corrected chi connectivity index (χ0v) is 18.3. The third-order valence-corrected chi connectivity index (χ3v) is 5.73. The third-order valence-electron chi connectivity index (χ3n) is 5.73. The summed E-state index contributed by atoms with van der Waals surface area (Å²) >= 11 is 0. The number of nitrogens with one attached hydrogen (secondary N) is 2. The molecule has 1 aliphatic carbocycles. The molecular weight excluding hydrogens is 435 g/mol. The molecule has 3 aromatic heterocycles. The van der Waals surface area contributed by atoms with Crippen LogP contribution in [0.5, 0.6) is 0 Å². The van der Waals surface area contributed by atoms with E-state index in [4.69, 9.17) is 10.8 Å². The molecule has 170 valence electrons. The molecule has 9 nitrogen and oxygen atoms in total. The number of para-hydroxylation sites is 1. The Labute approximate surface area is 194 Å². The predicted molar refractivity (Wildman–Crippen MR) is 126 cm³/mol. The summed E-state index contributed by atoms with van der Waals surface area (Å²) in [6, 6.07) is 8.32. The van der Waals surface area contributed by atoms with E-state index in [1.807, 2.05) is 10.7 Å². The van der Waals surface area contributed by atoms with Crippen LogP contribution in [0.15, 0.2) is 48.9 Å². The molecule has 0 spiro atoms. The first kappa shape index (κ1) is 21.3. The zero-order chi connectivity index (χ0) is 23.7. The predicted octanol–water partition coefficient (Wildman–Crippen LogP) is 3.20. The highest BCUT2D eigenvalue weighted by Crippen LogP contribution is 2.38. The number of anilines is 3. The van der Waals surface area contributed by atoms with Crippen LogP contribution in [0.4, 0.5) is 21.8 Å². The molecule has 4 aromatic rings. The lowest BCUT2D eigenvalue weighted by Gasteiger charge is -2.35. The quantitative estimate of drug-likeness (QED) is 0.394. The largest absolute Gasteiger partial charge is 0.383 e. The maximum Gasteiger partial charge on any atom is 0.296 e. The first-order valence-corrected chi connectivity index (χ1v) is 10.7. The molecule has 3 heterocycles. The van der Waals surface area contributed by atoms with Gasteiger partial charge in [0.1, 0.15) is 17.3 Å². The van der Waals surface area contributed by atoms with E-state index in [1.165, 1.54) is 6.07 Å². The minimum atomic E-state index is -0.393. The molecule has 10 heteroatoms. The fraction of sp³-hybridized carbons (Fsp3) is 0.208. The van der Waals surface area contributed by atoms with Crippen molar-refractivity contribution in [2.24, 2.45) is 0 Å². The first-order chi connectivity index (χ1) is 16.5. The number of halogens is 1. The van der Waals surface area contributed by atoms with E-state index in [2.05, 4.69) is 37.4 Å². The number of hydrogen-bond acceptors (Lipinski definition) is 7. The number of hydrogen-bond donors (Lipinski definition) is 3. The van der Waals surface area contributed by atoms with Gasteiger partial charge in [0.25, 0.3) is 5.91 Å². The van der Waals surface area contributed by atoms with E-state index < -0.39 is 5.82 Å². The number of rotatable bonds is 5. The Kier molecular flexibility index (Phi) is 5.51. The van der Waals surface area contributed by atoms with E-state index in [-0.39, 0.29) is 29.6 Å². The second-order valence-electron chi connectivity index (χ2n) is 7.95. The number of aromatic nitrogens is 5.